The van der Waals surface area contributed by atoms with Gasteiger partial charge in [0.15, 0.2) is 11.6 Å². The van der Waals surface area contributed by atoms with Crippen LogP contribution in [-0.4, -0.2) is 0 Å². The summed E-state index contributed by atoms with van der Waals surface area (Å²) in [4.78, 5) is 0. The molecule has 184 valence electrons. The van der Waals surface area contributed by atoms with Gasteiger partial charge in [-0.2, -0.15) is 0 Å². The van der Waals surface area contributed by atoms with E-state index in [1.807, 2.05) is 6.08 Å². The highest BCUT2D eigenvalue weighted by Crippen LogP contribution is 2.48. The predicted molar refractivity (Wildman–Crippen MR) is 138 cm³/mol. The molecule has 4 unspecified atom stereocenters. The monoisotopic (exact) mass is 476 g/mol. The Kier molecular flexibility index (Phi) is 8.55. The Bertz CT molecular complexity index is 1120. The number of benzene rings is 2. The standard InChI is InChI=1S/C32H35F3/c1-3-5-7-22-11-14-27-21-28(16-15-26(27)19-22)29-18-17-25(31(34)32(29)35)13-10-23-9-12-24(8-6-4-2)30(33)20-23/h3-4,9,12,17-18,20,22,26-28H,1-2,5-8,11,14-16,19,21H2. The molecular formula is C32H35F3. The number of hydrogen-bond donors (Lipinski definition) is 0. The van der Waals surface area contributed by atoms with Gasteiger partial charge in [-0.3, -0.25) is 0 Å². The zero-order valence-corrected chi connectivity index (χ0v) is 20.5. The summed E-state index contributed by atoms with van der Waals surface area (Å²) in [5.74, 6) is 5.66. The quantitative estimate of drug-likeness (QED) is 0.276. The summed E-state index contributed by atoms with van der Waals surface area (Å²) in [5, 5.41) is 0. The van der Waals surface area contributed by atoms with Crippen LogP contribution < -0.4 is 0 Å². The van der Waals surface area contributed by atoms with Crippen molar-refractivity contribution in [1.29, 1.82) is 0 Å². The first kappa shape index (κ1) is 25.4. The van der Waals surface area contributed by atoms with Gasteiger partial charge in [0.2, 0.25) is 0 Å². The molecule has 0 saturated heterocycles. The molecule has 35 heavy (non-hydrogen) atoms. The van der Waals surface area contributed by atoms with Gasteiger partial charge in [0.1, 0.15) is 5.82 Å². The lowest BCUT2D eigenvalue weighted by molar-refractivity contribution is 0.114. The topological polar surface area (TPSA) is 0 Å². The SMILES string of the molecule is C=CCCc1ccc(C#Cc2ccc(C3CCC4CC(CCC=C)CCC4C3)c(F)c2F)cc1F. The average molecular weight is 477 g/mol. The van der Waals surface area contributed by atoms with E-state index in [2.05, 4.69) is 25.0 Å². The highest BCUT2D eigenvalue weighted by atomic mass is 19.2. The van der Waals surface area contributed by atoms with Crippen molar-refractivity contribution < 1.29 is 13.2 Å². The summed E-state index contributed by atoms with van der Waals surface area (Å²) in [6, 6.07) is 8.03. The molecule has 0 N–H and O–H groups in total. The number of fused-ring (bicyclic) bond motifs is 1. The van der Waals surface area contributed by atoms with Crippen molar-refractivity contribution in [2.75, 3.05) is 0 Å². The van der Waals surface area contributed by atoms with Crippen LogP contribution in [0.3, 0.4) is 0 Å². The lowest BCUT2D eigenvalue weighted by atomic mass is 9.63. The molecular weight excluding hydrogens is 441 g/mol. The van der Waals surface area contributed by atoms with Crippen molar-refractivity contribution >= 4 is 0 Å². The van der Waals surface area contributed by atoms with Crippen LogP contribution >= 0.6 is 0 Å². The van der Waals surface area contributed by atoms with Gasteiger partial charge in [0.05, 0.1) is 5.56 Å². The maximum Gasteiger partial charge on any atom is 0.174 e. The molecule has 0 aliphatic heterocycles. The van der Waals surface area contributed by atoms with E-state index in [1.54, 1.807) is 30.3 Å². The van der Waals surface area contributed by atoms with E-state index in [4.69, 9.17) is 0 Å². The van der Waals surface area contributed by atoms with Crippen molar-refractivity contribution in [3.63, 3.8) is 0 Å². The fraction of sp³-hybridized carbons (Fsp3) is 0.438. The molecule has 2 saturated carbocycles. The van der Waals surface area contributed by atoms with Crippen molar-refractivity contribution in [1.82, 2.24) is 0 Å². The molecule has 0 aromatic heterocycles. The van der Waals surface area contributed by atoms with Crippen molar-refractivity contribution in [3.8, 4) is 11.8 Å². The van der Waals surface area contributed by atoms with Crippen molar-refractivity contribution in [3.05, 3.63) is 95.3 Å². The van der Waals surface area contributed by atoms with E-state index in [1.165, 1.54) is 31.7 Å². The summed E-state index contributed by atoms with van der Waals surface area (Å²) in [7, 11) is 0. The molecule has 3 heteroatoms. The summed E-state index contributed by atoms with van der Waals surface area (Å²) >= 11 is 0. The summed E-state index contributed by atoms with van der Waals surface area (Å²) in [6.07, 6.45) is 14.0. The van der Waals surface area contributed by atoms with E-state index in [-0.39, 0.29) is 17.3 Å². The summed E-state index contributed by atoms with van der Waals surface area (Å²) in [5.41, 5.74) is 1.53. The second-order valence-electron chi connectivity index (χ2n) is 10.3. The smallest absolute Gasteiger partial charge is 0.174 e. The van der Waals surface area contributed by atoms with Crippen LogP contribution in [0.2, 0.25) is 0 Å². The van der Waals surface area contributed by atoms with Gasteiger partial charge >= 0.3 is 0 Å². The second kappa shape index (κ2) is 11.8. The first-order chi connectivity index (χ1) is 17.0. The van der Waals surface area contributed by atoms with Crippen LogP contribution in [-0.2, 0) is 6.42 Å². The van der Waals surface area contributed by atoms with Gasteiger partial charge < -0.3 is 0 Å². The Morgan fingerprint density at radius 3 is 2.37 bits per heavy atom. The Morgan fingerprint density at radius 2 is 1.60 bits per heavy atom. The highest BCUT2D eigenvalue weighted by molar-refractivity contribution is 5.46. The van der Waals surface area contributed by atoms with Gasteiger partial charge in [0.25, 0.3) is 0 Å². The molecule has 0 radical (unpaired) electrons. The fourth-order valence-corrected chi connectivity index (χ4v) is 6.09. The van der Waals surface area contributed by atoms with E-state index in [9.17, 15) is 8.78 Å². The minimum Gasteiger partial charge on any atom is -0.207 e. The van der Waals surface area contributed by atoms with Crippen LogP contribution in [0.4, 0.5) is 13.2 Å². The number of rotatable bonds is 7. The molecule has 0 amide bonds. The molecule has 0 bridgehead atoms. The second-order valence-corrected chi connectivity index (χ2v) is 10.3. The van der Waals surface area contributed by atoms with Crippen LogP contribution in [0.5, 0.6) is 0 Å². The van der Waals surface area contributed by atoms with Gasteiger partial charge in [-0.1, -0.05) is 42.5 Å². The van der Waals surface area contributed by atoms with Gasteiger partial charge in [-0.05, 0) is 111 Å². The molecule has 0 heterocycles. The minimum atomic E-state index is -0.895. The van der Waals surface area contributed by atoms with E-state index >= 15 is 4.39 Å². The number of hydrogen-bond acceptors (Lipinski definition) is 0. The molecule has 2 fully saturated rings. The maximum absolute atomic E-state index is 15.1. The van der Waals surface area contributed by atoms with E-state index < -0.39 is 11.6 Å². The third-order valence-corrected chi connectivity index (χ3v) is 8.07. The van der Waals surface area contributed by atoms with Gasteiger partial charge in [-0.15, -0.1) is 13.2 Å². The Balaban J connectivity index is 1.43. The van der Waals surface area contributed by atoms with Crippen LogP contribution in [0.15, 0.2) is 55.6 Å². The summed E-state index contributed by atoms with van der Waals surface area (Å²) < 4.78 is 44.3. The lowest BCUT2D eigenvalue weighted by Gasteiger charge is -2.42. The van der Waals surface area contributed by atoms with Gasteiger partial charge in [0, 0.05) is 5.56 Å². The molecule has 2 aliphatic carbocycles. The first-order valence-electron chi connectivity index (χ1n) is 13.0. The third-order valence-electron chi connectivity index (χ3n) is 8.07. The molecule has 0 spiro atoms. The normalized spacial score (nSPS) is 23.6. The molecule has 0 nitrogen and oxygen atoms in total. The number of halogens is 3. The van der Waals surface area contributed by atoms with E-state index in [0.29, 0.717) is 35.4 Å². The van der Waals surface area contributed by atoms with Crippen LogP contribution in [0.1, 0.15) is 86.0 Å². The van der Waals surface area contributed by atoms with Crippen LogP contribution in [0.25, 0.3) is 0 Å². The molecule has 2 aromatic rings. The molecule has 4 rings (SSSR count). The maximum atomic E-state index is 15.1. The zero-order valence-electron chi connectivity index (χ0n) is 20.5. The Labute approximate surface area is 208 Å². The van der Waals surface area contributed by atoms with Crippen molar-refractivity contribution in [2.45, 2.75) is 70.1 Å². The Hall–Kier alpha value is -2.73. The fourth-order valence-electron chi connectivity index (χ4n) is 6.09. The van der Waals surface area contributed by atoms with E-state index in [0.717, 1.165) is 37.5 Å². The zero-order chi connectivity index (χ0) is 24.8. The largest absolute Gasteiger partial charge is 0.207 e. The lowest BCUT2D eigenvalue weighted by Crippen LogP contribution is -2.30. The Morgan fingerprint density at radius 1 is 0.829 bits per heavy atom. The predicted octanol–water partition coefficient (Wildman–Crippen LogP) is 8.89. The summed E-state index contributed by atoms with van der Waals surface area (Å²) in [6.45, 7) is 7.49. The number of aryl methyl sites for hydroxylation is 1. The van der Waals surface area contributed by atoms with Crippen LogP contribution in [0, 0.1) is 47.0 Å². The number of allylic oxidation sites excluding steroid dienone is 2. The van der Waals surface area contributed by atoms with Crippen molar-refractivity contribution in [2.24, 2.45) is 17.8 Å². The molecule has 2 aliphatic rings. The third kappa shape index (κ3) is 6.10. The molecule has 4 atom stereocenters. The molecule has 2 aromatic carbocycles. The van der Waals surface area contributed by atoms with Gasteiger partial charge in [-0.25, -0.2) is 13.2 Å². The first-order valence-corrected chi connectivity index (χ1v) is 13.0. The minimum absolute atomic E-state index is 0.0128. The highest BCUT2D eigenvalue weighted by Gasteiger charge is 2.36. The average Bonchev–Trinajstić information content (AvgIpc) is 2.87.